The van der Waals surface area contributed by atoms with E-state index in [1.807, 2.05) is 24.3 Å². The van der Waals surface area contributed by atoms with E-state index in [4.69, 9.17) is 10.00 Å². The average Bonchev–Trinajstić information content (AvgIpc) is 2.97. The first-order chi connectivity index (χ1) is 12.1. The molecular formula is C19H20N2O4. The third kappa shape index (κ3) is 4.77. The van der Waals surface area contributed by atoms with Gasteiger partial charge in [-0.1, -0.05) is 18.2 Å². The number of carbonyl (C=O) groups excluding carboxylic acids is 3. The van der Waals surface area contributed by atoms with Gasteiger partial charge in [0.25, 0.3) is 0 Å². The maximum absolute atomic E-state index is 12.5. The van der Waals surface area contributed by atoms with Gasteiger partial charge in [-0.2, -0.15) is 5.26 Å². The second-order valence-corrected chi connectivity index (χ2v) is 5.61. The molecule has 0 saturated heterocycles. The standard InChI is InChI=1S/C19H20N2O4/c1-2-25-19(24)10-8-15(22)7-9-18(23)21-13-14(11-12-20)16-5-3-4-6-17(16)21/h3-6,13H,2,7-11H2,1H3. The Morgan fingerprint density at radius 1 is 1.12 bits per heavy atom. The molecule has 25 heavy (non-hydrogen) atoms. The molecule has 0 aliphatic rings. The number of nitriles is 1. The van der Waals surface area contributed by atoms with E-state index in [0.29, 0.717) is 0 Å². The Balaban J connectivity index is 1.99. The van der Waals surface area contributed by atoms with Gasteiger partial charge in [0.05, 0.1) is 31.0 Å². The molecule has 0 saturated carbocycles. The Kier molecular flexibility index (Phi) is 6.47. The lowest BCUT2D eigenvalue weighted by Crippen LogP contribution is -2.13. The van der Waals surface area contributed by atoms with Crippen molar-refractivity contribution in [1.29, 1.82) is 5.26 Å². The maximum Gasteiger partial charge on any atom is 0.306 e. The molecule has 0 atom stereocenters. The van der Waals surface area contributed by atoms with E-state index in [9.17, 15) is 14.4 Å². The molecule has 0 bridgehead atoms. The zero-order chi connectivity index (χ0) is 18.2. The molecule has 1 aromatic heterocycles. The molecule has 1 aromatic carbocycles. The van der Waals surface area contributed by atoms with Crippen molar-refractivity contribution < 1.29 is 19.1 Å². The van der Waals surface area contributed by atoms with Gasteiger partial charge in [0.15, 0.2) is 0 Å². The fourth-order valence-corrected chi connectivity index (χ4v) is 2.65. The number of benzene rings is 1. The van der Waals surface area contributed by atoms with Crippen molar-refractivity contribution in [2.24, 2.45) is 0 Å². The van der Waals surface area contributed by atoms with Gasteiger partial charge >= 0.3 is 5.97 Å². The lowest BCUT2D eigenvalue weighted by Gasteiger charge is -2.04. The summed E-state index contributed by atoms with van der Waals surface area (Å²) in [7, 11) is 0. The van der Waals surface area contributed by atoms with Gasteiger partial charge in [-0.3, -0.25) is 19.0 Å². The highest BCUT2D eigenvalue weighted by atomic mass is 16.5. The summed E-state index contributed by atoms with van der Waals surface area (Å²) in [5.41, 5.74) is 1.52. The number of fused-ring (bicyclic) bond motifs is 1. The number of ketones is 1. The molecule has 6 heteroatoms. The third-order valence-electron chi connectivity index (χ3n) is 3.86. The van der Waals surface area contributed by atoms with Crippen LogP contribution in [0.15, 0.2) is 30.5 Å². The van der Waals surface area contributed by atoms with Crippen molar-refractivity contribution in [3.63, 3.8) is 0 Å². The van der Waals surface area contributed by atoms with Gasteiger partial charge in [0.1, 0.15) is 5.78 Å². The zero-order valence-electron chi connectivity index (χ0n) is 14.2. The van der Waals surface area contributed by atoms with Gasteiger partial charge in [-0.05, 0) is 18.6 Å². The molecule has 1 heterocycles. The van der Waals surface area contributed by atoms with Crippen LogP contribution >= 0.6 is 0 Å². The van der Waals surface area contributed by atoms with Crippen molar-refractivity contribution in [3.05, 3.63) is 36.0 Å². The van der Waals surface area contributed by atoms with Gasteiger partial charge in [-0.15, -0.1) is 0 Å². The number of nitrogens with zero attached hydrogens (tertiary/aromatic N) is 2. The quantitative estimate of drug-likeness (QED) is 0.689. The Labute approximate surface area is 146 Å². The molecular weight excluding hydrogens is 320 g/mol. The van der Waals surface area contributed by atoms with Crippen molar-refractivity contribution in [2.75, 3.05) is 6.61 Å². The first-order valence-corrected chi connectivity index (χ1v) is 8.23. The van der Waals surface area contributed by atoms with E-state index >= 15 is 0 Å². The lowest BCUT2D eigenvalue weighted by atomic mass is 10.1. The van der Waals surface area contributed by atoms with E-state index in [2.05, 4.69) is 6.07 Å². The fraction of sp³-hybridized carbons (Fsp3) is 0.368. The Morgan fingerprint density at radius 3 is 2.56 bits per heavy atom. The number of Topliss-reactive ketones (excluding diaryl/α,β-unsaturated/α-hetero) is 1. The Morgan fingerprint density at radius 2 is 1.84 bits per heavy atom. The van der Waals surface area contributed by atoms with Crippen LogP contribution in [0.3, 0.4) is 0 Å². The van der Waals surface area contributed by atoms with E-state index in [1.165, 1.54) is 4.57 Å². The molecule has 0 amide bonds. The smallest absolute Gasteiger partial charge is 0.306 e. The first-order valence-electron chi connectivity index (χ1n) is 8.23. The number of aromatic nitrogens is 1. The van der Waals surface area contributed by atoms with Crippen LogP contribution < -0.4 is 0 Å². The number of carbonyl (C=O) groups is 3. The number of hydrogen-bond donors (Lipinski definition) is 0. The zero-order valence-corrected chi connectivity index (χ0v) is 14.2. The number of hydrogen-bond acceptors (Lipinski definition) is 5. The van der Waals surface area contributed by atoms with Crippen molar-refractivity contribution in [1.82, 2.24) is 4.57 Å². The van der Waals surface area contributed by atoms with Gasteiger partial charge in [-0.25, -0.2) is 0 Å². The summed E-state index contributed by atoms with van der Waals surface area (Å²) in [6.07, 6.45) is 2.15. The normalized spacial score (nSPS) is 10.4. The minimum absolute atomic E-state index is 0.0413. The van der Waals surface area contributed by atoms with Crippen LogP contribution in [0.25, 0.3) is 10.9 Å². The minimum Gasteiger partial charge on any atom is -0.466 e. The molecule has 130 valence electrons. The predicted molar refractivity (Wildman–Crippen MR) is 92.0 cm³/mol. The summed E-state index contributed by atoms with van der Waals surface area (Å²) in [6.45, 7) is 2.00. The molecule has 0 fully saturated rings. The third-order valence-corrected chi connectivity index (χ3v) is 3.86. The van der Waals surface area contributed by atoms with Crippen molar-refractivity contribution >= 4 is 28.6 Å². The summed E-state index contributed by atoms with van der Waals surface area (Å²) in [5.74, 6) is -0.750. The van der Waals surface area contributed by atoms with Gasteiger partial charge < -0.3 is 4.74 Å². The lowest BCUT2D eigenvalue weighted by molar-refractivity contribution is -0.144. The van der Waals surface area contributed by atoms with E-state index in [1.54, 1.807) is 13.1 Å². The fourth-order valence-electron chi connectivity index (χ4n) is 2.65. The molecule has 2 aromatic rings. The molecule has 0 radical (unpaired) electrons. The largest absolute Gasteiger partial charge is 0.466 e. The number of esters is 1. The summed E-state index contributed by atoms with van der Waals surface area (Å²) in [5, 5.41) is 9.79. The second-order valence-electron chi connectivity index (χ2n) is 5.61. The molecule has 2 rings (SSSR count). The number of rotatable bonds is 8. The van der Waals surface area contributed by atoms with Crippen LogP contribution in [0.4, 0.5) is 0 Å². The van der Waals surface area contributed by atoms with Gasteiger partial charge in [0, 0.05) is 30.8 Å². The van der Waals surface area contributed by atoms with Crippen LogP contribution in [-0.4, -0.2) is 28.8 Å². The number of ether oxygens (including phenoxy) is 1. The van der Waals surface area contributed by atoms with E-state index < -0.39 is 5.97 Å². The summed E-state index contributed by atoms with van der Waals surface area (Å²) < 4.78 is 6.27. The second kappa shape index (κ2) is 8.78. The van der Waals surface area contributed by atoms with Crippen LogP contribution in [0.2, 0.25) is 0 Å². The highest BCUT2D eigenvalue weighted by Crippen LogP contribution is 2.22. The van der Waals surface area contributed by atoms with Crippen LogP contribution in [0, 0.1) is 11.3 Å². The highest BCUT2D eigenvalue weighted by molar-refractivity contribution is 5.96. The summed E-state index contributed by atoms with van der Waals surface area (Å²) >= 11 is 0. The molecule has 0 spiro atoms. The maximum atomic E-state index is 12.5. The summed E-state index contributed by atoms with van der Waals surface area (Å²) in [4.78, 5) is 35.6. The van der Waals surface area contributed by atoms with Crippen molar-refractivity contribution in [3.8, 4) is 6.07 Å². The number of para-hydroxylation sites is 1. The van der Waals surface area contributed by atoms with Crippen LogP contribution in [0.1, 0.15) is 43.0 Å². The van der Waals surface area contributed by atoms with Crippen molar-refractivity contribution in [2.45, 2.75) is 39.0 Å². The van der Waals surface area contributed by atoms with E-state index in [-0.39, 0.29) is 50.4 Å². The molecule has 0 aliphatic heterocycles. The Bertz CT molecular complexity index is 830. The predicted octanol–water partition coefficient (Wildman–Crippen LogP) is 3.04. The highest BCUT2D eigenvalue weighted by Gasteiger charge is 2.15. The SMILES string of the molecule is CCOC(=O)CCC(=O)CCC(=O)n1cc(CC#N)c2ccccc21. The summed E-state index contributed by atoms with van der Waals surface area (Å²) in [6, 6.07) is 9.47. The average molecular weight is 340 g/mol. The molecule has 0 aliphatic carbocycles. The molecule has 0 N–H and O–H groups in total. The molecule has 0 unspecified atom stereocenters. The first kappa shape index (κ1) is 18.4. The minimum atomic E-state index is -0.403. The topological polar surface area (TPSA) is 89.2 Å². The van der Waals surface area contributed by atoms with E-state index in [0.717, 1.165) is 16.5 Å². The molecule has 6 nitrogen and oxygen atoms in total. The monoisotopic (exact) mass is 340 g/mol. The Hall–Kier alpha value is -2.94. The van der Waals surface area contributed by atoms with Crippen LogP contribution in [0.5, 0.6) is 0 Å². The van der Waals surface area contributed by atoms with Gasteiger partial charge in [0.2, 0.25) is 5.91 Å². The van der Waals surface area contributed by atoms with Crippen LogP contribution in [-0.2, 0) is 20.7 Å².